The van der Waals surface area contributed by atoms with Crippen LogP contribution in [0.3, 0.4) is 0 Å². The Hall–Kier alpha value is -1.60. The summed E-state index contributed by atoms with van der Waals surface area (Å²) in [6.07, 6.45) is 6.06. The van der Waals surface area contributed by atoms with Crippen molar-refractivity contribution in [3.8, 4) is 11.5 Å². The fraction of sp³-hybridized carbons (Fsp3) is 0.682. The first-order chi connectivity index (χ1) is 14.6. The Balaban J connectivity index is 1.56. The highest BCUT2D eigenvalue weighted by Crippen LogP contribution is 2.62. The number of aryl methyl sites for hydroxylation is 1. The largest absolute Gasteiger partial charge is 0.493 e. The maximum absolute atomic E-state index is 11.6. The number of phosphoric acid groups is 1. The molecule has 2 saturated carbocycles. The lowest BCUT2D eigenvalue weighted by Gasteiger charge is -2.50. The molecule has 3 aliphatic rings. The number of methoxy groups -OCH3 is 1. The van der Waals surface area contributed by atoms with Crippen molar-refractivity contribution in [3.63, 3.8) is 0 Å². The van der Waals surface area contributed by atoms with E-state index in [4.69, 9.17) is 24.0 Å². The number of carbonyl (C=O) groups is 1. The number of esters is 1. The first-order valence-corrected chi connectivity index (χ1v) is 12.4. The molecule has 3 aliphatic carbocycles. The Bertz CT molecular complexity index is 896. The Morgan fingerprint density at radius 1 is 1.19 bits per heavy atom. The number of ether oxygens (including phenoxy) is 3. The number of fused-ring (bicyclic) bond motifs is 5. The van der Waals surface area contributed by atoms with Crippen LogP contribution in [0, 0.1) is 17.3 Å². The molecule has 1 aromatic carbocycles. The van der Waals surface area contributed by atoms with Gasteiger partial charge in [0.2, 0.25) is 6.79 Å². The fourth-order valence-electron chi connectivity index (χ4n) is 6.35. The highest BCUT2D eigenvalue weighted by Gasteiger charge is 2.56. The molecule has 0 spiro atoms. The van der Waals surface area contributed by atoms with Crippen LogP contribution in [0.5, 0.6) is 11.5 Å². The van der Waals surface area contributed by atoms with Crippen LogP contribution >= 0.6 is 7.82 Å². The normalized spacial score (nSPS) is 31.9. The molecule has 0 radical (unpaired) electrons. The minimum Gasteiger partial charge on any atom is -0.493 e. The number of rotatable bonds is 6. The zero-order valence-electron chi connectivity index (χ0n) is 18.2. The minimum atomic E-state index is -4.60. The van der Waals surface area contributed by atoms with E-state index in [1.165, 1.54) is 18.1 Å². The lowest BCUT2D eigenvalue weighted by Crippen LogP contribution is -2.45. The molecular weight excluding hydrogens is 423 g/mol. The molecule has 0 unspecified atom stereocenters. The summed E-state index contributed by atoms with van der Waals surface area (Å²) in [5, 5.41) is 0. The SMILES string of the molecule is COc1cc2c(cc1OCOP(=O)(O)O)CC[C@@H]1[C@@H]2CC[C@]2(C)[C@@H](OC(C)=O)CC[C@@H]12. The monoisotopic (exact) mass is 454 g/mol. The smallest absolute Gasteiger partial charge is 0.472 e. The van der Waals surface area contributed by atoms with Crippen molar-refractivity contribution in [3.05, 3.63) is 23.3 Å². The first-order valence-electron chi connectivity index (χ1n) is 10.8. The molecule has 8 nitrogen and oxygen atoms in total. The molecule has 1 aromatic rings. The molecule has 0 heterocycles. The molecule has 2 N–H and O–H groups in total. The second-order valence-electron chi connectivity index (χ2n) is 9.22. The van der Waals surface area contributed by atoms with Crippen LogP contribution in [0.15, 0.2) is 12.1 Å². The van der Waals surface area contributed by atoms with Crippen molar-refractivity contribution in [1.29, 1.82) is 0 Å². The molecule has 5 atom stereocenters. The van der Waals surface area contributed by atoms with E-state index >= 15 is 0 Å². The molecule has 9 heteroatoms. The van der Waals surface area contributed by atoms with Gasteiger partial charge < -0.3 is 24.0 Å². The van der Waals surface area contributed by atoms with E-state index in [0.29, 0.717) is 29.3 Å². The van der Waals surface area contributed by atoms with Crippen molar-refractivity contribution < 1.29 is 37.9 Å². The van der Waals surface area contributed by atoms with E-state index in [-0.39, 0.29) is 17.5 Å². The van der Waals surface area contributed by atoms with Gasteiger partial charge >= 0.3 is 13.8 Å². The van der Waals surface area contributed by atoms with E-state index in [1.807, 2.05) is 12.1 Å². The number of hydrogen-bond donors (Lipinski definition) is 2. The molecular formula is C22H31O8P. The van der Waals surface area contributed by atoms with Gasteiger partial charge in [0.05, 0.1) is 7.11 Å². The third-order valence-corrected chi connectivity index (χ3v) is 8.11. The summed E-state index contributed by atoms with van der Waals surface area (Å²) in [6, 6.07) is 3.93. The van der Waals surface area contributed by atoms with E-state index in [9.17, 15) is 9.36 Å². The molecule has 2 fully saturated rings. The van der Waals surface area contributed by atoms with Crippen LogP contribution < -0.4 is 9.47 Å². The summed E-state index contributed by atoms with van der Waals surface area (Å²) in [7, 11) is -3.04. The summed E-state index contributed by atoms with van der Waals surface area (Å²) in [5.41, 5.74) is 2.50. The second-order valence-corrected chi connectivity index (χ2v) is 10.5. The first kappa shape index (κ1) is 22.6. The Morgan fingerprint density at radius 3 is 2.65 bits per heavy atom. The summed E-state index contributed by atoms with van der Waals surface area (Å²) in [5.74, 6) is 2.26. The van der Waals surface area contributed by atoms with Gasteiger partial charge in [0.25, 0.3) is 0 Å². The van der Waals surface area contributed by atoms with Gasteiger partial charge in [-0.25, -0.2) is 9.09 Å². The van der Waals surface area contributed by atoms with Gasteiger partial charge in [-0.2, -0.15) is 0 Å². The van der Waals surface area contributed by atoms with Gasteiger partial charge in [-0.05, 0) is 79.5 Å². The van der Waals surface area contributed by atoms with Crippen molar-refractivity contribution in [2.75, 3.05) is 13.9 Å². The summed E-state index contributed by atoms with van der Waals surface area (Å²) in [6.45, 7) is 3.24. The molecule has 0 aromatic heterocycles. The van der Waals surface area contributed by atoms with Crippen molar-refractivity contribution in [2.45, 2.75) is 64.4 Å². The van der Waals surface area contributed by atoms with Gasteiger partial charge in [0.15, 0.2) is 11.5 Å². The zero-order valence-corrected chi connectivity index (χ0v) is 19.1. The van der Waals surface area contributed by atoms with Crippen molar-refractivity contribution in [1.82, 2.24) is 0 Å². The standard InChI is InChI=1S/C22H31O8P/c1-13(23)30-21-7-6-18-16-5-4-14-10-20(28-12-29-31(24,25)26)19(27-3)11-17(14)15(16)8-9-22(18,21)2/h10-11,15-16,18,21H,4-9,12H2,1-3H3,(H2,24,25,26)/t15-,16+,18-,21-,22-/m0/s1. The summed E-state index contributed by atoms with van der Waals surface area (Å²) in [4.78, 5) is 29.3. The van der Waals surface area contributed by atoms with Crippen LogP contribution in [-0.4, -0.2) is 35.8 Å². The lowest BCUT2D eigenvalue weighted by atomic mass is 9.55. The van der Waals surface area contributed by atoms with E-state index in [0.717, 1.165) is 38.5 Å². The molecule has 31 heavy (non-hydrogen) atoms. The van der Waals surface area contributed by atoms with E-state index < -0.39 is 14.6 Å². The Kier molecular flexibility index (Phi) is 6.12. The maximum Gasteiger partial charge on any atom is 0.472 e. The number of phosphoric ester groups is 1. The quantitative estimate of drug-likeness (QED) is 0.378. The number of carbonyl (C=O) groups excluding carboxylic acids is 1. The zero-order chi connectivity index (χ0) is 22.4. The highest BCUT2D eigenvalue weighted by atomic mass is 31.2. The number of benzene rings is 1. The third kappa shape index (κ3) is 4.36. The summed E-state index contributed by atoms with van der Waals surface area (Å²) >= 11 is 0. The van der Waals surface area contributed by atoms with Crippen molar-refractivity contribution >= 4 is 13.8 Å². The van der Waals surface area contributed by atoms with Gasteiger partial charge in [-0.15, -0.1) is 0 Å². The average Bonchev–Trinajstić information content (AvgIpc) is 3.02. The molecule has 0 bridgehead atoms. The predicted molar refractivity (Wildman–Crippen MR) is 112 cm³/mol. The van der Waals surface area contributed by atoms with Crippen LogP contribution in [-0.2, 0) is 25.0 Å². The van der Waals surface area contributed by atoms with Crippen LogP contribution in [0.25, 0.3) is 0 Å². The molecule has 0 aliphatic heterocycles. The van der Waals surface area contributed by atoms with E-state index in [2.05, 4.69) is 11.4 Å². The highest BCUT2D eigenvalue weighted by molar-refractivity contribution is 7.46. The molecule has 4 rings (SSSR count). The Labute approximate surface area is 182 Å². The Morgan fingerprint density at radius 2 is 1.97 bits per heavy atom. The molecule has 0 saturated heterocycles. The predicted octanol–water partition coefficient (Wildman–Crippen LogP) is 3.93. The molecule has 172 valence electrons. The van der Waals surface area contributed by atoms with Crippen LogP contribution in [0.4, 0.5) is 0 Å². The van der Waals surface area contributed by atoms with Crippen LogP contribution in [0.1, 0.15) is 63.0 Å². The van der Waals surface area contributed by atoms with Gasteiger partial charge in [-0.1, -0.05) is 6.92 Å². The third-order valence-electron chi connectivity index (χ3n) is 7.67. The van der Waals surface area contributed by atoms with Crippen LogP contribution in [0.2, 0.25) is 0 Å². The maximum atomic E-state index is 11.6. The van der Waals surface area contributed by atoms with Gasteiger partial charge in [0, 0.05) is 12.3 Å². The fourth-order valence-corrected chi connectivity index (χ4v) is 6.54. The average molecular weight is 454 g/mol. The lowest BCUT2D eigenvalue weighted by molar-refractivity contribution is -0.154. The van der Waals surface area contributed by atoms with Crippen molar-refractivity contribution in [2.24, 2.45) is 17.3 Å². The topological polar surface area (TPSA) is 112 Å². The minimum absolute atomic E-state index is 0.0108. The molecule has 0 amide bonds. The van der Waals surface area contributed by atoms with E-state index in [1.54, 1.807) is 7.11 Å². The van der Waals surface area contributed by atoms with Gasteiger partial charge in [0.1, 0.15) is 6.10 Å². The number of hydrogen-bond acceptors (Lipinski definition) is 6. The van der Waals surface area contributed by atoms with Gasteiger partial charge in [-0.3, -0.25) is 4.79 Å². The summed E-state index contributed by atoms with van der Waals surface area (Å²) < 4.78 is 32.0. The second kappa shape index (κ2) is 8.39.